The van der Waals surface area contributed by atoms with Gasteiger partial charge >= 0.3 is 0 Å². The molecule has 0 radical (unpaired) electrons. The third kappa shape index (κ3) is 2.87. The van der Waals surface area contributed by atoms with Gasteiger partial charge in [0.05, 0.1) is 24.6 Å². The molecule has 2 saturated carbocycles. The highest BCUT2D eigenvalue weighted by atomic mass is 16.5. The van der Waals surface area contributed by atoms with Crippen LogP contribution in [0.25, 0.3) is 0 Å². The van der Waals surface area contributed by atoms with Crippen LogP contribution in [0.2, 0.25) is 0 Å². The van der Waals surface area contributed by atoms with Gasteiger partial charge in [0.2, 0.25) is 11.8 Å². The number of hydrogen-bond acceptors (Lipinski definition) is 4. The number of amides is 2. The van der Waals surface area contributed by atoms with Crippen molar-refractivity contribution in [3.05, 3.63) is 71.8 Å². The number of anilines is 1. The Kier molecular flexibility index (Phi) is 4.36. The Bertz CT molecular complexity index is 1100. The lowest BCUT2D eigenvalue weighted by molar-refractivity contribution is -0.124. The summed E-state index contributed by atoms with van der Waals surface area (Å²) in [6, 6.07) is 14.7. The second-order valence-electron chi connectivity index (χ2n) is 9.48. The van der Waals surface area contributed by atoms with E-state index < -0.39 is 0 Å². The zero-order valence-electron chi connectivity index (χ0n) is 17.9. The van der Waals surface area contributed by atoms with Gasteiger partial charge in [-0.15, -0.1) is 0 Å². The van der Waals surface area contributed by atoms with Gasteiger partial charge in [0, 0.05) is 12.0 Å². The molecule has 2 aromatic carbocycles. The fourth-order valence-electron chi connectivity index (χ4n) is 6.20. The lowest BCUT2D eigenvalue weighted by atomic mass is 9.63. The maximum absolute atomic E-state index is 13.2. The summed E-state index contributed by atoms with van der Waals surface area (Å²) in [4.78, 5) is 40.3. The van der Waals surface area contributed by atoms with E-state index in [1.54, 1.807) is 31.4 Å². The highest BCUT2D eigenvalue weighted by molar-refractivity contribution is 6.22. The average molecular weight is 428 g/mol. The molecule has 6 atom stereocenters. The Morgan fingerprint density at radius 3 is 2.06 bits per heavy atom. The van der Waals surface area contributed by atoms with Gasteiger partial charge in [-0.2, -0.15) is 0 Å². The number of rotatable bonds is 6. The van der Waals surface area contributed by atoms with Gasteiger partial charge in [-0.05, 0) is 78.5 Å². The molecule has 4 aliphatic carbocycles. The number of hydrogen-bond donors (Lipinski definition) is 0. The molecule has 5 nitrogen and oxygen atoms in total. The molecule has 2 unspecified atom stereocenters. The van der Waals surface area contributed by atoms with Crippen molar-refractivity contribution < 1.29 is 19.1 Å². The molecule has 2 amide bonds. The van der Waals surface area contributed by atoms with Gasteiger partial charge in [0.25, 0.3) is 0 Å². The maximum atomic E-state index is 13.2. The monoisotopic (exact) mass is 427 g/mol. The zero-order chi connectivity index (χ0) is 22.0. The smallest absolute Gasteiger partial charge is 0.238 e. The molecule has 0 N–H and O–H groups in total. The van der Waals surface area contributed by atoms with Crippen molar-refractivity contribution in [3.8, 4) is 5.75 Å². The summed E-state index contributed by atoms with van der Waals surface area (Å²) >= 11 is 0. The first-order chi connectivity index (χ1) is 15.6. The van der Waals surface area contributed by atoms with Gasteiger partial charge in [-0.25, -0.2) is 0 Å². The van der Waals surface area contributed by atoms with Crippen LogP contribution in [0.15, 0.2) is 60.7 Å². The number of carbonyl (C=O) groups is 3. The van der Waals surface area contributed by atoms with Crippen LogP contribution in [-0.2, 0) is 16.0 Å². The number of nitrogens with zero attached hydrogens (tertiary/aromatic N) is 1. The Hall–Kier alpha value is -3.21. The average Bonchev–Trinajstić information content (AvgIpc) is 3.61. The van der Waals surface area contributed by atoms with E-state index in [2.05, 4.69) is 12.2 Å². The van der Waals surface area contributed by atoms with Crippen molar-refractivity contribution in [3.63, 3.8) is 0 Å². The van der Waals surface area contributed by atoms with Crippen LogP contribution in [0, 0.1) is 35.5 Å². The van der Waals surface area contributed by atoms with Gasteiger partial charge in [-0.3, -0.25) is 19.3 Å². The van der Waals surface area contributed by atoms with Gasteiger partial charge in [0.1, 0.15) is 5.75 Å². The van der Waals surface area contributed by atoms with E-state index in [1.165, 1.54) is 11.3 Å². The first kappa shape index (κ1) is 19.5. The third-order valence-corrected chi connectivity index (χ3v) is 7.91. The Morgan fingerprint density at radius 2 is 1.50 bits per heavy atom. The summed E-state index contributed by atoms with van der Waals surface area (Å²) in [5, 5.41) is 0. The molecule has 5 heteroatoms. The first-order valence-corrected chi connectivity index (χ1v) is 11.4. The Labute approximate surface area is 187 Å². The van der Waals surface area contributed by atoms with Crippen molar-refractivity contribution in [2.75, 3.05) is 12.0 Å². The molecule has 1 heterocycles. The van der Waals surface area contributed by atoms with Crippen LogP contribution in [-0.4, -0.2) is 24.7 Å². The Morgan fingerprint density at radius 1 is 0.906 bits per heavy atom. The second-order valence-corrected chi connectivity index (χ2v) is 9.48. The molecular weight excluding hydrogens is 402 g/mol. The molecule has 0 aromatic heterocycles. The van der Waals surface area contributed by atoms with Crippen molar-refractivity contribution >= 4 is 23.3 Å². The van der Waals surface area contributed by atoms with Crippen LogP contribution in [0.3, 0.4) is 0 Å². The lowest BCUT2D eigenvalue weighted by Crippen LogP contribution is -2.40. The van der Waals surface area contributed by atoms with Crippen molar-refractivity contribution in [2.45, 2.75) is 19.3 Å². The molecule has 2 aromatic rings. The van der Waals surface area contributed by atoms with E-state index in [0.717, 1.165) is 11.3 Å². The van der Waals surface area contributed by atoms with Gasteiger partial charge in [-0.1, -0.05) is 24.3 Å². The minimum atomic E-state index is -0.178. The molecule has 1 aliphatic heterocycles. The second kappa shape index (κ2) is 7.16. The summed E-state index contributed by atoms with van der Waals surface area (Å²) in [5.41, 5.74) is 2.32. The van der Waals surface area contributed by atoms with Crippen LogP contribution in [0.5, 0.6) is 5.75 Å². The number of imide groups is 1. The number of benzene rings is 2. The molecule has 3 fully saturated rings. The van der Waals surface area contributed by atoms with E-state index in [-0.39, 0.29) is 41.3 Å². The summed E-state index contributed by atoms with van der Waals surface area (Å²) in [7, 11) is 1.60. The Balaban J connectivity index is 1.14. The number of allylic oxidation sites excluding steroid dienone is 2. The molecule has 5 aliphatic rings. The fourth-order valence-corrected chi connectivity index (χ4v) is 6.20. The summed E-state index contributed by atoms with van der Waals surface area (Å²) in [6.45, 7) is 0. The molecule has 32 heavy (non-hydrogen) atoms. The summed E-state index contributed by atoms with van der Waals surface area (Å²) in [5.74, 6) is 2.06. The first-order valence-electron chi connectivity index (χ1n) is 11.4. The van der Waals surface area contributed by atoms with E-state index >= 15 is 0 Å². The van der Waals surface area contributed by atoms with Crippen molar-refractivity contribution in [1.82, 2.24) is 0 Å². The number of ketones is 1. The number of methoxy groups -OCH3 is 1. The summed E-state index contributed by atoms with van der Waals surface area (Å²) in [6.07, 6.45) is 6.56. The van der Waals surface area contributed by atoms with E-state index in [4.69, 9.17) is 4.74 Å². The minimum Gasteiger partial charge on any atom is -0.497 e. The predicted octanol–water partition coefficient (Wildman–Crippen LogP) is 4.07. The number of aryl methyl sites for hydroxylation is 1. The van der Waals surface area contributed by atoms with Crippen LogP contribution < -0.4 is 9.64 Å². The van der Waals surface area contributed by atoms with E-state index in [9.17, 15) is 14.4 Å². The minimum absolute atomic E-state index is 0.0351. The van der Waals surface area contributed by atoms with E-state index in [1.807, 2.05) is 24.3 Å². The fraction of sp³-hybridized carbons (Fsp3) is 0.370. The van der Waals surface area contributed by atoms with Crippen LogP contribution in [0.1, 0.15) is 28.8 Å². The maximum Gasteiger partial charge on any atom is 0.238 e. The molecule has 1 saturated heterocycles. The standard InChI is InChI=1S/C27H25NO4/c1-32-18-9-5-16(6-10-18)23(29)13-4-15-2-7-17(8-3-15)28-26(30)24-19-11-12-20(22-14-21(19)22)25(24)27(28)31/h2-3,5-12,19-22,24-25H,4,13-14H2,1H3/t19-,20?,21?,22-,24-,25+/m1/s1. The molecule has 2 bridgehead atoms. The highest BCUT2D eigenvalue weighted by Crippen LogP contribution is 2.65. The molecular formula is C27H25NO4. The van der Waals surface area contributed by atoms with Crippen molar-refractivity contribution in [2.24, 2.45) is 35.5 Å². The number of ether oxygens (including phenoxy) is 1. The molecule has 0 spiro atoms. The zero-order valence-corrected chi connectivity index (χ0v) is 17.9. The topological polar surface area (TPSA) is 63.7 Å². The van der Waals surface area contributed by atoms with Gasteiger partial charge < -0.3 is 4.74 Å². The van der Waals surface area contributed by atoms with Crippen LogP contribution in [0.4, 0.5) is 5.69 Å². The van der Waals surface area contributed by atoms with Crippen molar-refractivity contribution in [1.29, 1.82) is 0 Å². The highest BCUT2D eigenvalue weighted by Gasteiger charge is 2.67. The van der Waals surface area contributed by atoms with Gasteiger partial charge in [0.15, 0.2) is 5.78 Å². The van der Waals surface area contributed by atoms with Crippen LogP contribution >= 0.6 is 0 Å². The predicted molar refractivity (Wildman–Crippen MR) is 119 cm³/mol. The number of Topliss-reactive ketones (excluding diaryl/α,β-unsaturated/α-hetero) is 1. The molecule has 162 valence electrons. The normalized spacial score (nSPS) is 31.5. The third-order valence-electron chi connectivity index (χ3n) is 7.91. The lowest BCUT2D eigenvalue weighted by Gasteiger charge is -2.37. The largest absolute Gasteiger partial charge is 0.497 e. The SMILES string of the molecule is COc1ccc(C(=O)CCc2ccc(N3C(=O)[C@@H]4[C@@H]5C=CC([C@H]6CC65)[C@@H]4C3=O)cc2)cc1. The quantitative estimate of drug-likeness (QED) is 0.396. The van der Waals surface area contributed by atoms with E-state index in [0.29, 0.717) is 35.9 Å². The molecule has 7 rings (SSSR count). The summed E-state index contributed by atoms with van der Waals surface area (Å²) < 4.78 is 5.13. The number of carbonyl (C=O) groups excluding carboxylic acids is 3.